The highest BCUT2D eigenvalue weighted by Gasteiger charge is 2.27. The number of carboxylic acid groups (broad SMARTS) is 1. The molecule has 0 aliphatic heterocycles. The van der Waals surface area contributed by atoms with Crippen molar-refractivity contribution in [1.29, 1.82) is 0 Å². The molecule has 1 unspecified atom stereocenters. The van der Waals surface area contributed by atoms with Gasteiger partial charge in [-0.15, -0.1) is 0 Å². The summed E-state index contributed by atoms with van der Waals surface area (Å²) in [6.07, 6.45) is 8.26. The third kappa shape index (κ3) is 8.46. The zero-order chi connectivity index (χ0) is 28.4. The molecule has 1 fully saturated rings. The Morgan fingerprint density at radius 2 is 1.67 bits per heavy atom. The number of benzene rings is 1. The minimum atomic E-state index is -1.12. The Labute approximate surface area is 230 Å². The number of rotatable bonds is 12. The van der Waals surface area contributed by atoms with Crippen LogP contribution in [-0.4, -0.2) is 59.5 Å². The summed E-state index contributed by atoms with van der Waals surface area (Å²) < 4.78 is 13.3. The van der Waals surface area contributed by atoms with E-state index >= 15 is 0 Å². The average Bonchev–Trinajstić information content (AvgIpc) is 3.31. The van der Waals surface area contributed by atoms with Crippen molar-refractivity contribution in [3.05, 3.63) is 30.0 Å². The molecule has 2 amide bonds. The molecule has 10 heteroatoms. The van der Waals surface area contributed by atoms with Crippen molar-refractivity contribution in [3.8, 4) is 22.8 Å². The Balaban J connectivity index is 1.96. The van der Waals surface area contributed by atoms with Gasteiger partial charge in [-0.1, -0.05) is 52.0 Å². The van der Waals surface area contributed by atoms with Crippen molar-refractivity contribution in [2.45, 2.75) is 83.7 Å². The van der Waals surface area contributed by atoms with Gasteiger partial charge in [0.2, 0.25) is 5.91 Å². The maximum atomic E-state index is 13.5. The summed E-state index contributed by atoms with van der Waals surface area (Å²) in [6, 6.07) is 7.01. The Morgan fingerprint density at radius 1 is 1.05 bits per heavy atom. The molecule has 0 saturated heterocycles. The van der Waals surface area contributed by atoms with E-state index in [2.05, 4.69) is 10.6 Å². The van der Waals surface area contributed by atoms with Crippen LogP contribution in [0.4, 0.5) is 0 Å². The monoisotopic (exact) mass is 542 g/mol. The molecule has 10 nitrogen and oxygen atoms in total. The third-order valence-corrected chi connectivity index (χ3v) is 7.03. The third-order valence-electron chi connectivity index (χ3n) is 7.03. The van der Waals surface area contributed by atoms with Gasteiger partial charge in [-0.3, -0.25) is 19.1 Å². The normalized spacial score (nSPS) is 15.2. The first-order valence-corrected chi connectivity index (χ1v) is 13.8. The molecule has 0 radical (unpaired) electrons. The van der Waals surface area contributed by atoms with Crippen LogP contribution in [0, 0.1) is 5.92 Å². The highest BCUT2D eigenvalue weighted by atomic mass is 16.5. The van der Waals surface area contributed by atoms with E-state index in [1.807, 2.05) is 36.7 Å². The van der Waals surface area contributed by atoms with Crippen LogP contribution in [0.25, 0.3) is 11.3 Å². The number of aromatic nitrogens is 2. The first-order chi connectivity index (χ1) is 18.7. The fourth-order valence-electron chi connectivity index (χ4n) is 5.25. The molecule has 3 N–H and O–H groups in total. The standard InChI is InChI=1S/C29H42N4O6/c1-19(2)15-20(16-26(34)30-18-27(35)36)31-29(37)22-17-23(28-24(38-3)13-10-14-25(28)39-4)33(32-22)21-11-8-6-5-7-9-12-21/h10,13-14,17,19-21H,5-9,11-12,15-16,18H2,1-4H3,(H,30,34)(H,31,37)(H,35,36). The summed E-state index contributed by atoms with van der Waals surface area (Å²) in [7, 11) is 3.21. The molecule has 1 atom stereocenters. The van der Waals surface area contributed by atoms with Crippen molar-refractivity contribution in [2.24, 2.45) is 5.92 Å². The molecule has 39 heavy (non-hydrogen) atoms. The van der Waals surface area contributed by atoms with E-state index in [0.717, 1.165) is 36.9 Å². The van der Waals surface area contributed by atoms with Gasteiger partial charge in [0, 0.05) is 12.5 Å². The zero-order valence-corrected chi connectivity index (χ0v) is 23.5. The van der Waals surface area contributed by atoms with Crippen LogP contribution in [0.3, 0.4) is 0 Å². The molecule has 1 aliphatic carbocycles. The molecule has 0 bridgehead atoms. The zero-order valence-electron chi connectivity index (χ0n) is 23.5. The summed E-state index contributed by atoms with van der Waals surface area (Å²) >= 11 is 0. The molecule has 1 heterocycles. The Morgan fingerprint density at radius 3 is 2.23 bits per heavy atom. The van der Waals surface area contributed by atoms with Gasteiger partial charge >= 0.3 is 5.97 Å². The predicted octanol–water partition coefficient (Wildman–Crippen LogP) is 4.59. The van der Waals surface area contributed by atoms with E-state index in [0.29, 0.717) is 17.9 Å². The minimum absolute atomic E-state index is 0.0201. The van der Waals surface area contributed by atoms with E-state index in [9.17, 15) is 14.4 Å². The van der Waals surface area contributed by atoms with Crippen molar-refractivity contribution >= 4 is 17.8 Å². The molecule has 1 aliphatic rings. The highest BCUT2D eigenvalue weighted by molar-refractivity contribution is 5.94. The number of amides is 2. The Bertz CT molecular complexity index is 1100. The van der Waals surface area contributed by atoms with Crippen LogP contribution < -0.4 is 20.1 Å². The van der Waals surface area contributed by atoms with Crippen LogP contribution in [0.1, 0.15) is 88.2 Å². The number of carbonyl (C=O) groups is 3. The molecular formula is C29H42N4O6. The van der Waals surface area contributed by atoms with Gasteiger partial charge in [-0.25, -0.2) is 0 Å². The predicted molar refractivity (Wildman–Crippen MR) is 148 cm³/mol. The molecule has 3 rings (SSSR count). The molecular weight excluding hydrogens is 500 g/mol. The van der Waals surface area contributed by atoms with Gasteiger partial charge in [0.15, 0.2) is 5.69 Å². The number of carbonyl (C=O) groups excluding carboxylic acids is 2. The number of hydrogen-bond donors (Lipinski definition) is 3. The first kappa shape index (κ1) is 30.0. The summed E-state index contributed by atoms with van der Waals surface area (Å²) in [5.74, 6) is -0.466. The maximum Gasteiger partial charge on any atom is 0.322 e. The summed E-state index contributed by atoms with van der Waals surface area (Å²) in [6.45, 7) is 3.55. The van der Waals surface area contributed by atoms with Gasteiger partial charge < -0.3 is 25.2 Å². The van der Waals surface area contributed by atoms with Crippen molar-refractivity contribution < 1.29 is 29.0 Å². The van der Waals surface area contributed by atoms with Gasteiger partial charge in [-0.2, -0.15) is 5.10 Å². The molecule has 1 aromatic heterocycles. The molecule has 1 aromatic carbocycles. The second kappa shape index (κ2) is 14.6. The second-order valence-corrected chi connectivity index (χ2v) is 10.6. The van der Waals surface area contributed by atoms with Gasteiger partial charge in [0.25, 0.3) is 5.91 Å². The fraction of sp³-hybridized carbons (Fsp3) is 0.586. The number of carboxylic acids is 1. The largest absolute Gasteiger partial charge is 0.496 e. The quantitative estimate of drug-likeness (QED) is 0.357. The smallest absolute Gasteiger partial charge is 0.322 e. The van der Waals surface area contributed by atoms with E-state index in [1.165, 1.54) is 19.3 Å². The first-order valence-electron chi connectivity index (χ1n) is 13.8. The van der Waals surface area contributed by atoms with E-state index in [-0.39, 0.29) is 30.0 Å². The van der Waals surface area contributed by atoms with E-state index < -0.39 is 24.5 Å². The number of methoxy groups -OCH3 is 2. The van der Waals surface area contributed by atoms with Crippen LogP contribution >= 0.6 is 0 Å². The Kier molecular flexibility index (Phi) is 11.2. The van der Waals surface area contributed by atoms with E-state index in [1.54, 1.807) is 20.3 Å². The van der Waals surface area contributed by atoms with Crippen LogP contribution in [-0.2, 0) is 9.59 Å². The number of aliphatic carboxylic acids is 1. The lowest BCUT2D eigenvalue weighted by Gasteiger charge is -2.23. The van der Waals surface area contributed by atoms with Gasteiger partial charge in [0.1, 0.15) is 18.0 Å². The lowest BCUT2D eigenvalue weighted by Crippen LogP contribution is -2.41. The van der Waals surface area contributed by atoms with Crippen molar-refractivity contribution in [2.75, 3.05) is 20.8 Å². The van der Waals surface area contributed by atoms with Crippen LogP contribution in [0.2, 0.25) is 0 Å². The molecule has 2 aromatic rings. The molecule has 1 saturated carbocycles. The van der Waals surface area contributed by atoms with Crippen LogP contribution in [0.15, 0.2) is 24.3 Å². The summed E-state index contributed by atoms with van der Waals surface area (Å²) in [5.41, 5.74) is 1.74. The Hall–Kier alpha value is -3.56. The fourth-order valence-corrected chi connectivity index (χ4v) is 5.25. The SMILES string of the molecule is COc1cccc(OC)c1-c1cc(C(=O)NC(CC(=O)NCC(=O)O)CC(C)C)nn1C1CCCCCCC1. The molecule has 214 valence electrons. The second-order valence-electron chi connectivity index (χ2n) is 10.6. The minimum Gasteiger partial charge on any atom is -0.496 e. The highest BCUT2D eigenvalue weighted by Crippen LogP contribution is 2.41. The number of hydrogen-bond acceptors (Lipinski definition) is 6. The summed E-state index contributed by atoms with van der Waals surface area (Å²) in [4.78, 5) is 36.7. The van der Waals surface area contributed by atoms with E-state index in [4.69, 9.17) is 19.7 Å². The maximum absolute atomic E-state index is 13.5. The number of ether oxygens (including phenoxy) is 2. The number of nitrogens with zero attached hydrogens (tertiary/aromatic N) is 2. The van der Waals surface area contributed by atoms with Crippen LogP contribution in [0.5, 0.6) is 11.5 Å². The van der Waals surface area contributed by atoms with Crippen molar-refractivity contribution in [3.63, 3.8) is 0 Å². The lowest BCUT2D eigenvalue weighted by atomic mass is 9.96. The number of nitrogens with one attached hydrogen (secondary N) is 2. The average molecular weight is 543 g/mol. The van der Waals surface area contributed by atoms with Crippen molar-refractivity contribution in [1.82, 2.24) is 20.4 Å². The molecule has 0 spiro atoms. The van der Waals surface area contributed by atoms with Gasteiger partial charge in [0.05, 0.1) is 31.5 Å². The topological polar surface area (TPSA) is 132 Å². The lowest BCUT2D eigenvalue weighted by molar-refractivity contribution is -0.138. The van der Waals surface area contributed by atoms with Gasteiger partial charge in [-0.05, 0) is 43.4 Å². The summed E-state index contributed by atoms with van der Waals surface area (Å²) in [5, 5.41) is 19.0.